The number of aromatic nitrogens is 2. The molecule has 88 valence electrons. The third-order valence-electron chi connectivity index (χ3n) is 3.00. The highest BCUT2D eigenvalue weighted by Crippen LogP contribution is 2.28. The van der Waals surface area contributed by atoms with Gasteiger partial charge in [-0.1, -0.05) is 6.92 Å². The lowest BCUT2D eigenvalue weighted by Gasteiger charge is -2.23. The summed E-state index contributed by atoms with van der Waals surface area (Å²) in [6.45, 7) is 3.25. The van der Waals surface area contributed by atoms with E-state index in [1.807, 2.05) is 0 Å². The lowest BCUT2D eigenvalue weighted by Crippen LogP contribution is -2.30. The van der Waals surface area contributed by atoms with Gasteiger partial charge < -0.3 is 9.64 Å². The Labute approximate surface area is 104 Å². The van der Waals surface area contributed by atoms with Crippen LogP contribution >= 0.6 is 15.9 Å². The minimum absolute atomic E-state index is 0.575. The number of nitrogens with zero attached hydrogens (tertiary/aromatic N) is 3. The fraction of sp³-hybridized carbons (Fsp3) is 0.636. The molecule has 5 heteroatoms. The summed E-state index contributed by atoms with van der Waals surface area (Å²) in [5.74, 6) is 1.39. The predicted octanol–water partition coefficient (Wildman–Crippen LogP) is 2.63. The molecule has 1 aromatic heterocycles. The molecule has 0 amide bonds. The third kappa shape index (κ3) is 2.14. The van der Waals surface area contributed by atoms with Crippen LogP contribution in [0.25, 0.3) is 0 Å². The number of anilines is 1. The van der Waals surface area contributed by atoms with Gasteiger partial charge in [0.25, 0.3) is 0 Å². The molecule has 1 unspecified atom stereocenters. The van der Waals surface area contributed by atoms with Crippen LogP contribution < -0.4 is 9.64 Å². The van der Waals surface area contributed by atoms with Crippen molar-refractivity contribution in [1.82, 2.24) is 9.97 Å². The Morgan fingerprint density at radius 2 is 2.44 bits per heavy atom. The zero-order chi connectivity index (χ0) is 11.5. The van der Waals surface area contributed by atoms with E-state index in [4.69, 9.17) is 4.74 Å². The molecule has 1 atom stereocenters. The van der Waals surface area contributed by atoms with Crippen molar-refractivity contribution in [2.45, 2.75) is 32.2 Å². The molecule has 0 saturated carbocycles. The molecular formula is C11H16BrN3O. The monoisotopic (exact) mass is 285 g/mol. The van der Waals surface area contributed by atoms with E-state index in [1.54, 1.807) is 13.3 Å². The quantitative estimate of drug-likeness (QED) is 0.856. The molecule has 2 heterocycles. The molecule has 1 aliphatic rings. The molecule has 0 spiro atoms. The SMILES string of the molecule is CCC1CCCN1c1ncc(Br)c(OC)n1. The van der Waals surface area contributed by atoms with Gasteiger partial charge in [0.05, 0.1) is 17.8 Å². The van der Waals surface area contributed by atoms with Crippen LogP contribution in [0.4, 0.5) is 5.95 Å². The molecule has 1 saturated heterocycles. The Morgan fingerprint density at radius 1 is 1.62 bits per heavy atom. The summed E-state index contributed by atoms with van der Waals surface area (Å²) in [4.78, 5) is 11.0. The summed E-state index contributed by atoms with van der Waals surface area (Å²) in [5.41, 5.74) is 0. The maximum absolute atomic E-state index is 5.19. The number of ether oxygens (including phenoxy) is 1. The van der Waals surface area contributed by atoms with Crippen LogP contribution in [0.15, 0.2) is 10.7 Å². The van der Waals surface area contributed by atoms with Gasteiger partial charge in [-0.3, -0.25) is 0 Å². The Hall–Kier alpha value is -0.840. The minimum atomic E-state index is 0.575. The van der Waals surface area contributed by atoms with E-state index < -0.39 is 0 Å². The maximum atomic E-state index is 5.19. The molecule has 1 fully saturated rings. The Kier molecular flexibility index (Phi) is 3.63. The smallest absolute Gasteiger partial charge is 0.232 e. The molecule has 0 N–H and O–H groups in total. The second kappa shape index (κ2) is 4.99. The third-order valence-corrected chi connectivity index (χ3v) is 3.54. The van der Waals surface area contributed by atoms with Crippen molar-refractivity contribution in [2.75, 3.05) is 18.6 Å². The molecule has 0 bridgehead atoms. The maximum Gasteiger partial charge on any atom is 0.232 e. The first-order chi connectivity index (χ1) is 7.76. The zero-order valence-electron chi connectivity index (χ0n) is 9.61. The highest BCUT2D eigenvalue weighted by atomic mass is 79.9. The van der Waals surface area contributed by atoms with Crippen molar-refractivity contribution < 1.29 is 4.74 Å². The average Bonchev–Trinajstić information content (AvgIpc) is 2.78. The normalized spacial score (nSPS) is 20.2. The van der Waals surface area contributed by atoms with Crippen molar-refractivity contribution in [3.05, 3.63) is 10.7 Å². The van der Waals surface area contributed by atoms with Crippen molar-refractivity contribution >= 4 is 21.9 Å². The van der Waals surface area contributed by atoms with Crippen LogP contribution in [-0.2, 0) is 0 Å². The van der Waals surface area contributed by atoms with E-state index in [1.165, 1.54) is 12.8 Å². The van der Waals surface area contributed by atoms with Crippen LogP contribution in [0.2, 0.25) is 0 Å². The minimum Gasteiger partial charge on any atom is -0.480 e. The Morgan fingerprint density at radius 3 is 3.12 bits per heavy atom. The van der Waals surface area contributed by atoms with Gasteiger partial charge in [0.2, 0.25) is 11.8 Å². The Bertz CT molecular complexity index is 372. The molecular weight excluding hydrogens is 270 g/mol. The van der Waals surface area contributed by atoms with Gasteiger partial charge in [-0.25, -0.2) is 4.98 Å². The van der Waals surface area contributed by atoms with E-state index >= 15 is 0 Å². The molecule has 1 aliphatic heterocycles. The molecule has 1 aromatic rings. The first-order valence-electron chi connectivity index (χ1n) is 5.59. The van der Waals surface area contributed by atoms with Crippen molar-refractivity contribution in [2.24, 2.45) is 0 Å². The van der Waals surface area contributed by atoms with Gasteiger partial charge in [-0.15, -0.1) is 0 Å². The summed E-state index contributed by atoms with van der Waals surface area (Å²) in [6.07, 6.45) is 5.35. The summed E-state index contributed by atoms with van der Waals surface area (Å²) >= 11 is 3.36. The number of methoxy groups -OCH3 is 1. The molecule has 0 aromatic carbocycles. The number of hydrogen-bond donors (Lipinski definition) is 0. The number of halogens is 1. The molecule has 16 heavy (non-hydrogen) atoms. The molecule has 2 rings (SSSR count). The van der Waals surface area contributed by atoms with Gasteiger partial charge in [0.15, 0.2) is 0 Å². The number of rotatable bonds is 3. The van der Waals surface area contributed by atoms with Crippen LogP contribution in [-0.4, -0.2) is 29.7 Å². The summed E-state index contributed by atoms with van der Waals surface area (Å²) in [5, 5.41) is 0. The second-order valence-corrected chi connectivity index (χ2v) is 4.78. The lowest BCUT2D eigenvalue weighted by atomic mass is 10.2. The number of hydrogen-bond acceptors (Lipinski definition) is 4. The first kappa shape index (κ1) is 11.6. The summed E-state index contributed by atoms with van der Waals surface area (Å²) < 4.78 is 5.99. The molecule has 4 nitrogen and oxygen atoms in total. The lowest BCUT2D eigenvalue weighted by molar-refractivity contribution is 0.393. The van der Waals surface area contributed by atoms with E-state index in [0.717, 1.165) is 23.4 Å². The van der Waals surface area contributed by atoms with Gasteiger partial charge in [0, 0.05) is 12.6 Å². The standard InChI is InChI=1S/C11H16BrN3O/c1-3-8-5-4-6-15(8)11-13-7-9(12)10(14-11)16-2/h7-8H,3-6H2,1-2H3. The van der Waals surface area contributed by atoms with Crippen molar-refractivity contribution in [3.8, 4) is 5.88 Å². The van der Waals surface area contributed by atoms with E-state index in [0.29, 0.717) is 11.9 Å². The fourth-order valence-electron chi connectivity index (χ4n) is 2.15. The van der Waals surface area contributed by atoms with E-state index in [-0.39, 0.29) is 0 Å². The van der Waals surface area contributed by atoms with E-state index in [9.17, 15) is 0 Å². The second-order valence-electron chi connectivity index (χ2n) is 3.92. The summed E-state index contributed by atoms with van der Waals surface area (Å²) in [6, 6.07) is 0.575. The first-order valence-corrected chi connectivity index (χ1v) is 6.38. The van der Waals surface area contributed by atoms with Crippen LogP contribution in [0.1, 0.15) is 26.2 Å². The predicted molar refractivity (Wildman–Crippen MR) is 66.9 cm³/mol. The highest BCUT2D eigenvalue weighted by Gasteiger charge is 2.25. The Balaban J connectivity index is 2.26. The molecule has 0 aliphatic carbocycles. The van der Waals surface area contributed by atoms with Crippen molar-refractivity contribution in [1.29, 1.82) is 0 Å². The molecule has 0 radical (unpaired) electrons. The average molecular weight is 286 g/mol. The fourth-order valence-corrected chi connectivity index (χ4v) is 2.50. The largest absolute Gasteiger partial charge is 0.480 e. The van der Waals surface area contributed by atoms with Crippen molar-refractivity contribution in [3.63, 3.8) is 0 Å². The van der Waals surface area contributed by atoms with Gasteiger partial charge in [-0.2, -0.15) is 4.98 Å². The zero-order valence-corrected chi connectivity index (χ0v) is 11.2. The van der Waals surface area contributed by atoms with Gasteiger partial charge >= 0.3 is 0 Å². The van der Waals surface area contributed by atoms with Crippen LogP contribution in [0, 0.1) is 0 Å². The van der Waals surface area contributed by atoms with Crippen LogP contribution in [0.3, 0.4) is 0 Å². The van der Waals surface area contributed by atoms with Gasteiger partial charge in [0.1, 0.15) is 0 Å². The summed E-state index contributed by atoms with van der Waals surface area (Å²) in [7, 11) is 1.62. The van der Waals surface area contributed by atoms with Crippen LogP contribution in [0.5, 0.6) is 5.88 Å². The topological polar surface area (TPSA) is 38.2 Å². The van der Waals surface area contributed by atoms with E-state index in [2.05, 4.69) is 37.7 Å². The highest BCUT2D eigenvalue weighted by molar-refractivity contribution is 9.10. The van der Waals surface area contributed by atoms with Gasteiger partial charge in [-0.05, 0) is 35.2 Å².